The van der Waals surface area contributed by atoms with Gasteiger partial charge in [-0.3, -0.25) is 9.69 Å². The summed E-state index contributed by atoms with van der Waals surface area (Å²) < 4.78 is 10.3. The van der Waals surface area contributed by atoms with Crippen molar-refractivity contribution in [2.24, 2.45) is 0 Å². The summed E-state index contributed by atoms with van der Waals surface area (Å²) in [5.74, 6) is 1.03. The van der Waals surface area contributed by atoms with Crippen LogP contribution in [0.2, 0.25) is 0 Å². The largest absolute Gasteiger partial charge is 0.468 e. The number of ether oxygens (including phenoxy) is 1. The van der Waals surface area contributed by atoms with E-state index in [0.29, 0.717) is 18.3 Å². The van der Waals surface area contributed by atoms with Crippen molar-refractivity contribution in [2.45, 2.75) is 45.2 Å². The first-order chi connectivity index (χ1) is 8.74. The van der Waals surface area contributed by atoms with E-state index in [-0.39, 0.29) is 12.0 Å². The lowest BCUT2D eigenvalue weighted by molar-refractivity contribution is -0.148. The van der Waals surface area contributed by atoms with Gasteiger partial charge in [0.15, 0.2) is 0 Å². The van der Waals surface area contributed by atoms with E-state index in [0.717, 1.165) is 32.2 Å². The van der Waals surface area contributed by atoms with Crippen molar-refractivity contribution >= 4 is 5.97 Å². The number of aromatic nitrogens is 2. The van der Waals surface area contributed by atoms with E-state index in [1.165, 1.54) is 7.11 Å². The van der Waals surface area contributed by atoms with Gasteiger partial charge in [0.25, 0.3) is 0 Å². The van der Waals surface area contributed by atoms with Crippen LogP contribution in [-0.2, 0) is 22.5 Å². The first-order valence-electron chi connectivity index (χ1n) is 6.37. The van der Waals surface area contributed by atoms with Gasteiger partial charge in [0.1, 0.15) is 6.04 Å². The number of piperidine rings is 1. The Labute approximate surface area is 106 Å². The van der Waals surface area contributed by atoms with Crippen LogP contribution in [-0.4, -0.2) is 40.8 Å². The van der Waals surface area contributed by atoms with Crippen molar-refractivity contribution in [3.05, 3.63) is 11.8 Å². The number of carbonyl (C=O) groups is 1. The number of methoxy groups -OCH3 is 1. The van der Waals surface area contributed by atoms with Crippen molar-refractivity contribution in [1.29, 1.82) is 0 Å². The minimum atomic E-state index is -0.180. The van der Waals surface area contributed by atoms with E-state index >= 15 is 0 Å². The SMILES string of the molecule is CCc1nnc(CN2CCCC[C@@H]2C(=O)OC)o1. The highest BCUT2D eigenvalue weighted by Crippen LogP contribution is 2.20. The average molecular weight is 253 g/mol. The van der Waals surface area contributed by atoms with Gasteiger partial charge in [-0.25, -0.2) is 0 Å². The maximum absolute atomic E-state index is 11.7. The molecule has 2 rings (SSSR count). The third-order valence-electron chi connectivity index (χ3n) is 3.24. The summed E-state index contributed by atoms with van der Waals surface area (Å²) in [6.45, 7) is 3.35. The van der Waals surface area contributed by atoms with Crippen LogP contribution in [0.1, 0.15) is 38.0 Å². The quantitative estimate of drug-likeness (QED) is 0.750. The monoisotopic (exact) mass is 253 g/mol. The van der Waals surface area contributed by atoms with Crippen LogP contribution < -0.4 is 0 Å². The third kappa shape index (κ3) is 2.87. The summed E-state index contributed by atoms with van der Waals surface area (Å²) >= 11 is 0. The number of carbonyl (C=O) groups excluding carboxylic acids is 1. The molecule has 2 heterocycles. The molecule has 0 radical (unpaired) electrons. The molecule has 18 heavy (non-hydrogen) atoms. The number of hydrogen-bond acceptors (Lipinski definition) is 6. The number of esters is 1. The lowest BCUT2D eigenvalue weighted by Crippen LogP contribution is -2.44. The van der Waals surface area contributed by atoms with Gasteiger partial charge in [0, 0.05) is 6.42 Å². The van der Waals surface area contributed by atoms with Crippen LogP contribution in [0.4, 0.5) is 0 Å². The first-order valence-corrected chi connectivity index (χ1v) is 6.37. The Kier molecular flexibility index (Phi) is 4.30. The second-order valence-corrected chi connectivity index (χ2v) is 4.45. The molecule has 0 aromatic carbocycles. The summed E-state index contributed by atoms with van der Waals surface area (Å²) in [7, 11) is 1.43. The molecule has 1 aromatic rings. The minimum absolute atomic E-state index is 0.176. The highest BCUT2D eigenvalue weighted by Gasteiger charge is 2.30. The van der Waals surface area contributed by atoms with E-state index < -0.39 is 0 Å². The maximum Gasteiger partial charge on any atom is 0.323 e. The molecule has 1 atom stereocenters. The minimum Gasteiger partial charge on any atom is -0.468 e. The third-order valence-corrected chi connectivity index (χ3v) is 3.24. The Bertz CT molecular complexity index is 405. The van der Waals surface area contributed by atoms with Crippen molar-refractivity contribution in [3.63, 3.8) is 0 Å². The molecule has 0 aliphatic carbocycles. The van der Waals surface area contributed by atoms with Gasteiger partial charge in [-0.15, -0.1) is 10.2 Å². The Morgan fingerprint density at radius 1 is 1.44 bits per heavy atom. The van der Waals surface area contributed by atoms with Gasteiger partial charge in [0.2, 0.25) is 11.8 Å². The fourth-order valence-corrected chi connectivity index (χ4v) is 2.25. The summed E-state index contributed by atoms with van der Waals surface area (Å²) in [5, 5.41) is 7.92. The van der Waals surface area contributed by atoms with Crippen LogP contribution in [0, 0.1) is 0 Å². The zero-order chi connectivity index (χ0) is 13.0. The first kappa shape index (κ1) is 13.0. The molecule has 1 aromatic heterocycles. The van der Waals surface area contributed by atoms with E-state index in [1.807, 2.05) is 6.92 Å². The van der Waals surface area contributed by atoms with Crippen LogP contribution in [0.15, 0.2) is 4.42 Å². The zero-order valence-corrected chi connectivity index (χ0v) is 10.9. The average Bonchev–Trinajstić information content (AvgIpc) is 2.86. The Hall–Kier alpha value is -1.43. The van der Waals surface area contributed by atoms with Gasteiger partial charge in [-0.2, -0.15) is 0 Å². The van der Waals surface area contributed by atoms with Gasteiger partial charge in [-0.1, -0.05) is 13.3 Å². The van der Waals surface area contributed by atoms with Crippen LogP contribution >= 0.6 is 0 Å². The summed E-state index contributed by atoms with van der Waals surface area (Å²) in [5.41, 5.74) is 0. The second-order valence-electron chi connectivity index (χ2n) is 4.45. The Morgan fingerprint density at radius 3 is 2.89 bits per heavy atom. The van der Waals surface area contributed by atoms with Crippen molar-refractivity contribution in [2.75, 3.05) is 13.7 Å². The highest BCUT2D eigenvalue weighted by molar-refractivity contribution is 5.75. The van der Waals surface area contributed by atoms with Crippen LogP contribution in [0.3, 0.4) is 0 Å². The topological polar surface area (TPSA) is 68.5 Å². The van der Waals surface area contributed by atoms with E-state index in [1.54, 1.807) is 0 Å². The summed E-state index contributed by atoms with van der Waals surface area (Å²) in [6.07, 6.45) is 3.71. The fourth-order valence-electron chi connectivity index (χ4n) is 2.25. The molecule has 0 saturated carbocycles. The molecule has 0 spiro atoms. The molecule has 1 aliphatic heterocycles. The normalized spacial score (nSPS) is 20.9. The second kappa shape index (κ2) is 5.95. The van der Waals surface area contributed by atoms with Gasteiger partial charge >= 0.3 is 5.97 Å². The van der Waals surface area contributed by atoms with Gasteiger partial charge < -0.3 is 9.15 Å². The lowest BCUT2D eigenvalue weighted by atomic mass is 10.0. The van der Waals surface area contributed by atoms with Gasteiger partial charge in [0.05, 0.1) is 13.7 Å². The van der Waals surface area contributed by atoms with Crippen LogP contribution in [0.5, 0.6) is 0 Å². The Balaban J connectivity index is 2.02. The predicted molar refractivity (Wildman–Crippen MR) is 63.7 cm³/mol. The number of likely N-dealkylation sites (tertiary alicyclic amines) is 1. The molecule has 100 valence electrons. The molecule has 6 heteroatoms. The molecule has 0 unspecified atom stereocenters. The molecule has 0 bridgehead atoms. The number of aryl methyl sites for hydroxylation is 1. The lowest BCUT2D eigenvalue weighted by Gasteiger charge is -2.32. The molecule has 1 aliphatic rings. The molecule has 6 nitrogen and oxygen atoms in total. The smallest absolute Gasteiger partial charge is 0.323 e. The number of rotatable bonds is 4. The molecular formula is C12H19N3O3. The molecule has 1 fully saturated rings. The number of nitrogens with zero attached hydrogens (tertiary/aromatic N) is 3. The standard InChI is InChI=1S/C12H19N3O3/c1-3-10-13-14-11(18-10)8-15-7-5-4-6-9(15)12(16)17-2/h9H,3-8H2,1-2H3/t9-/m1/s1. The molecular weight excluding hydrogens is 234 g/mol. The Morgan fingerprint density at radius 2 is 2.22 bits per heavy atom. The molecule has 1 saturated heterocycles. The van der Waals surface area contributed by atoms with Crippen molar-refractivity contribution in [3.8, 4) is 0 Å². The summed E-state index contributed by atoms with van der Waals surface area (Å²) in [4.78, 5) is 13.8. The highest BCUT2D eigenvalue weighted by atomic mass is 16.5. The summed E-state index contributed by atoms with van der Waals surface area (Å²) in [6, 6.07) is -0.180. The van der Waals surface area contributed by atoms with E-state index in [2.05, 4.69) is 15.1 Å². The van der Waals surface area contributed by atoms with Crippen molar-refractivity contribution < 1.29 is 13.9 Å². The zero-order valence-electron chi connectivity index (χ0n) is 10.9. The fraction of sp³-hybridized carbons (Fsp3) is 0.750. The van der Waals surface area contributed by atoms with E-state index in [9.17, 15) is 4.79 Å². The van der Waals surface area contributed by atoms with Crippen molar-refractivity contribution in [1.82, 2.24) is 15.1 Å². The molecule has 0 N–H and O–H groups in total. The maximum atomic E-state index is 11.7. The van der Waals surface area contributed by atoms with Crippen LogP contribution in [0.25, 0.3) is 0 Å². The predicted octanol–water partition coefficient (Wildman–Crippen LogP) is 1.16. The van der Waals surface area contributed by atoms with E-state index in [4.69, 9.17) is 9.15 Å². The number of hydrogen-bond donors (Lipinski definition) is 0. The molecule has 0 amide bonds. The van der Waals surface area contributed by atoms with Gasteiger partial charge in [-0.05, 0) is 19.4 Å².